The molecule has 0 amide bonds. The Balaban J connectivity index is 2.11. The number of ether oxygens (including phenoxy) is 2. The van der Waals surface area contributed by atoms with Crippen molar-refractivity contribution in [3.05, 3.63) is 18.2 Å². The van der Waals surface area contributed by atoms with Gasteiger partial charge in [0.1, 0.15) is 0 Å². The number of rotatable bonds is 4. The zero-order valence-electron chi connectivity index (χ0n) is 12.3. The minimum Gasteiger partial charge on any atom is -0.493 e. The minimum absolute atomic E-state index is 0.271. The molecule has 106 valence electrons. The van der Waals surface area contributed by atoms with Gasteiger partial charge >= 0.3 is 0 Å². The molecule has 0 saturated carbocycles. The van der Waals surface area contributed by atoms with E-state index in [1.165, 1.54) is 5.69 Å². The van der Waals surface area contributed by atoms with Gasteiger partial charge in [-0.05, 0) is 38.9 Å². The van der Waals surface area contributed by atoms with Crippen LogP contribution in [-0.2, 0) is 0 Å². The third-order valence-corrected chi connectivity index (χ3v) is 4.20. The van der Waals surface area contributed by atoms with Gasteiger partial charge in [-0.3, -0.25) is 0 Å². The van der Waals surface area contributed by atoms with Crippen LogP contribution >= 0.6 is 0 Å². The van der Waals surface area contributed by atoms with Crippen molar-refractivity contribution in [2.45, 2.75) is 25.3 Å². The molecule has 1 aliphatic rings. The smallest absolute Gasteiger partial charge is 0.162 e. The predicted octanol–water partition coefficient (Wildman–Crippen LogP) is 2.28. The van der Waals surface area contributed by atoms with Crippen LogP contribution in [-0.4, -0.2) is 39.9 Å². The van der Waals surface area contributed by atoms with E-state index in [-0.39, 0.29) is 5.54 Å². The molecule has 0 unspecified atom stereocenters. The van der Waals surface area contributed by atoms with E-state index in [1.807, 2.05) is 13.1 Å². The topological polar surface area (TPSA) is 33.7 Å². The summed E-state index contributed by atoms with van der Waals surface area (Å²) in [5, 5.41) is 3.42. The van der Waals surface area contributed by atoms with Gasteiger partial charge in [-0.1, -0.05) is 0 Å². The van der Waals surface area contributed by atoms with Crippen LogP contribution in [0.5, 0.6) is 11.5 Å². The standard InChI is InChI=1S/C15H24N2O2/c1-15(16-2)7-9-17(10-8-15)12-5-6-13(18-3)14(11-12)19-4/h5-6,11,16H,7-10H2,1-4H3. The first kappa shape index (κ1) is 14.0. The van der Waals surface area contributed by atoms with Crippen molar-refractivity contribution in [3.8, 4) is 11.5 Å². The van der Waals surface area contributed by atoms with E-state index < -0.39 is 0 Å². The highest BCUT2D eigenvalue weighted by molar-refractivity contribution is 5.56. The van der Waals surface area contributed by atoms with E-state index in [0.717, 1.165) is 37.4 Å². The molecule has 0 spiro atoms. The minimum atomic E-state index is 0.271. The maximum atomic E-state index is 5.37. The second kappa shape index (κ2) is 5.70. The molecule has 1 fully saturated rings. The molecule has 0 aromatic heterocycles. The van der Waals surface area contributed by atoms with Crippen molar-refractivity contribution in [1.29, 1.82) is 0 Å². The average molecular weight is 264 g/mol. The molecule has 1 N–H and O–H groups in total. The molecular formula is C15H24N2O2. The number of benzene rings is 1. The van der Waals surface area contributed by atoms with Crippen molar-refractivity contribution in [3.63, 3.8) is 0 Å². The van der Waals surface area contributed by atoms with E-state index in [0.29, 0.717) is 0 Å². The quantitative estimate of drug-likeness (QED) is 0.904. The first-order chi connectivity index (χ1) is 9.11. The fraction of sp³-hybridized carbons (Fsp3) is 0.600. The van der Waals surface area contributed by atoms with Gasteiger partial charge in [-0.15, -0.1) is 0 Å². The summed E-state index contributed by atoms with van der Waals surface area (Å²) in [7, 11) is 5.39. The molecule has 4 nitrogen and oxygen atoms in total. The van der Waals surface area contributed by atoms with Gasteiger partial charge in [0.25, 0.3) is 0 Å². The number of methoxy groups -OCH3 is 2. The molecule has 0 bridgehead atoms. The molecule has 4 heteroatoms. The third-order valence-electron chi connectivity index (χ3n) is 4.20. The summed E-state index contributed by atoms with van der Waals surface area (Å²) in [6.45, 7) is 4.42. The predicted molar refractivity (Wildman–Crippen MR) is 78.5 cm³/mol. The Bertz CT molecular complexity index is 426. The molecule has 0 aliphatic carbocycles. The fourth-order valence-electron chi connectivity index (χ4n) is 2.53. The van der Waals surface area contributed by atoms with E-state index in [2.05, 4.69) is 29.3 Å². The van der Waals surface area contributed by atoms with Crippen LogP contribution in [0.15, 0.2) is 18.2 Å². The highest BCUT2D eigenvalue weighted by Crippen LogP contribution is 2.33. The maximum Gasteiger partial charge on any atom is 0.162 e. The summed E-state index contributed by atoms with van der Waals surface area (Å²) in [6, 6.07) is 6.13. The molecule has 1 heterocycles. The Morgan fingerprint density at radius 1 is 1.11 bits per heavy atom. The Labute approximate surface area is 115 Å². The van der Waals surface area contributed by atoms with Crippen molar-refractivity contribution in [2.24, 2.45) is 0 Å². The van der Waals surface area contributed by atoms with E-state index in [4.69, 9.17) is 9.47 Å². The van der Waals surface area contributed by atoms with Crippen molar-refractivity contribution < 1.29 is 9.47 Å². The van der Waals surface area contributed by atoms with Gasteiger partial charge in [0.2, 0.25) is 0 Å². The summed E-state index contributed by atoms with van der Waals surface area (Å²) in [5.74, 6) is 1.57. The Morgan fingerprint density at radius 2 is 1.74 bits per heavy atom. The zero-order chi connectivity index (χ0) is 13.9. The Hall–Kier alpha value is -1.42. The average Bonchev–Trinajstić information content (AvgIpc) is 2.47. The largest absolute Gasteiger partial charge is 0.493 e. The van der Waals surface area contributed by atoms with Gasteiger partial charge in [0.05, 0.1) is 14.2 Å². The number of nitrogens with one attached hydrogen (secondary N) is 1. The van der Waals surface area contributed by atoms with Crippen LogP contribution in [0.25, 0.3) is 0 Å². The first-order valence-corrected chi connectivity index (χ1v) is 6.78. The van der Waals surface area contributed by atoms with Crippen LogP contribution in [0.2, 0.25) is 0 Å². The summed E-state index contributed by atoms with van der Waals surface area (Å²) in [5.41, 5.74) is 1.48. The number of hydrogen-bond acceptors (Lipinski definition) is 4. The molecule has 1 aromatic carbocycles. The SMILES string of the molecule is CNC1(C)CCN(c2ccc(OC)c(OC)c2)CC1. The van der Waals surface area contributed by atoms with Gasteiger partial charge in [0.15, 0.2) is 11.5 Å². The maximum absolute atomic E-state index is 5.37. The lowest BCUT2D eigenvalue weighted by Crippen LogP contribution is -2.50. The van der Waals surface area contributed by atoms with E-state index in [9.17, 15) is 0 Å². The van der Waals surface area contributed by atoms with Gasteiger partial charge < -0.3 is 19.7 Å². The number of nitrogens with zero attached hydrogens (tertiary/aromatic N) is 1. The van der Waals surface area contributed by atoms with Crippen molar-refractivity contribution in [1.82, 2.24) is 5.32 Å². The normalized spacial score (nSPS) is 18.2. The van der Waals surface area contributed by atoms with Crippen LogP contribution in [0.3, 0.4) is 0 Å². The van der Waals surface area contributed by atoms with Gasteiger partial charge in [-0.25, -0.2) is 0 Å². The molecule has 1 saturated heterocycles. The lowest BCUT2D eigenvalue weighted by molar-refractivity contribution is 0.305. The summed E-state index contributed by atoms with van der Waals surface area (Å²) >= 11 is 0. The van der Waals surface area contributed by atoms with Crippen molar-refractivity contribution in [2.75, 3.05) is 39.3 Å². The zero-order valence-corrected chi connectivity index (χ0v) is 12.3. The molecule has 2 rings (SSSR count). The van der Waals surface area contributed by atoms with Gasteiger partial charge in [0, 0.05) is 30.4 Å². The molecule has 1 aromatic rings. The number of hydrogen-bond donors (Lipinski definition) is 1. The lowest BCUT2D eigenvalue weighted by Gasteiger charge is -2.40. The van der Waals surface area contributed by atoms with Crippen LogP contribution in [0, 0.1) is 0 Å². The van der Waals surface area contributed by atoms with Crippen LogP contribution in [0.1, 0.15) is 19.8 Å². The summed E-state index contributed by atoms with van der Waals surface area (Å²) in [6.07, 6.45) is 2.30. The van der Waals surface area contributed by atoms with Crippen LogP contribution < -0.4 is 19.7 Å². The third kappa shape index (κ3) is 2.95. The van der Waals surface area contributed by atoms with E-state index in [1.54, 1.807) is 14.2 Å². The highest BCUT2D eigenvalue weighted by Gasteiger charge is 2.28. The monoisotopic (exact) mass is 264 g/mol. The number of piperidine rings is 1. The molecule has 19 heavy (non-hydrogen) atoms. The fourth-order valence-corrected chi connectivity index (χ4v) is 2.53. The van der Waals surface area contributed by atoms with Crippen LogP contribution in [0.4, 0.5) is 5.69 Å². The molecule has 0 atom stereocenters. The second-order valence-electron chi connectivity index (χ2n) is 5.34. The van der Waals surface area contributed by atoms with E-state index >= 15 is 0 Å². The highest BCUT2D eigenvalue weighted by atomic mass is 16.5. The molecule has 0 radical (unpaired) electrons. The molecular weight excluding hydrogens is 240 g/mol. The first-order valence-electron chi connectivity index (χ1n) is 6.78. The Morgan fingerprint density at radius 3 is 2.26 bits per heavy atom. The lowest BCUT2D eigenvalue weighted by atomic mass is 9.89. The van der Waals surface area contributed by atoms with Gasteiger partial charge in [-0.2, -0.15) is 0 Å². The second-order valence-corrected chi connectivity index (χ2v) is 5.34. The summed E-state index contributed by atoms with van der Waals surface area (Å²) < 4.78 is 10.6. The number of anilines is 1. The summed E-state index contributed by atoms with van der Waals surface area (Å²) in [4.78, 5) is 2.40. The Kier molecular flexibility index (Phi) is 4.20. The molecule has 1 aliphatic heterocycles. The van der Waals surface area contributed by atoms with Crippen molar-refractivity contribution >= 4 is 5.69 Å².